The van der Waals surface area contributed by atoms with Crippen molar-refractivity contribution in [3.63, 3.8) is 0 Å². The number of methoxy groups -OCH3 is 1. The number of nitrogens with zero attached hydrogens (tertiary/aromatic N) is 2. The van der Waals surface area contributed by atoms with Crippen LogP contribution < -0.4 is 4.74 Å². The molecule has 0 aliphatic rings. The average Bonchev–Trinajstić information content (AvgIpc) is 2.46. The van der Waals surface area contributed by atoms with Crippen molar-refractivity contribution in [3.05, 3.63) is 57.4 Å². The van der Waals surface area contributed by atoms with Crippen LogP contribution in [0.1, 0.15) is 11.1 Å². The third kappa shape index (κ3) is 2.67. The second kappa shape index (κ2) is 5.59. The summed E-state index contributed by atoms with van der Waals surface area (Å²) in [5.41, 5.74) is 1.07. The van der Waals surface area contributed by atoms with E-state index in [4.69, 9.17) is 10.00 Å². The first-order valence-corrected chi connectivity index (χ1v) is 6.01. The Morgan fingerprint density at radius 2 is 2.05 bits per heavy atom. The number of halogens is 1. The first kappa shape index (κ1) is 14.5. The van der Waals surface area contributed by atoms with Crippen LogP contribution in [0.15, 0.2) is 30.3 Å². The molecule has 0 aliphatic heterocycles. The number of aryl methyl sites for hydroxylation is 1. The zero-order valence-corrected chi connectivity index (χ0v) is 11.4. The van der Waals surface area contributed by atoms with Crippen molar-refractivity contribution in [1.29, 1.82) is 5.26 Å². The van der Waals surface area contributed by atoms with Crippen LogP contribution in [-0.4, -0.2) is 12.0 Å². The molecule has 0 unspecified atom stereocenters. The molecule has 0 atom stereocenters. The largest absolute Gasteiger partial charge is 0.496 e. The summed E-state index contributed by atoms with van der Waals surface area (Å²) in [4.78, 5) is 9.87. The Balaban J connectivity index is 2.64. The lowest BCUT2D eigenvalue weighted by Crippen LogP contribution is -1.96. The van der Waals surface area contributed by atoms with Crippen molar-refractivity contribution in [2.75, 3.05) is 7.11 Å². The highest BCUT2D eigenvalue weighted by Gasteiger charge is 2.19. The van der Waals surface area contributed by atoms with E-state index in [0.29, 0.717) is 16.9 Å². The van der Waals surface area contributed by atoms with Gasteiger partial charge in [-0.15, -0.1) is 0 Å². The molecular weight excluding hydrogens is 275 g/mol. The fourth-order valence-corrected chi connectivity index (χ4v) is 2.08. The van der Waals surface area contributed by atoms with E-state index in [1.54, 1.807) is 18.2 Å². The molecule has 2 aromatic carbocycles. The van der Waals surface area contributed by atoms with E-state index in [-0.39, 0.29) is 5.56 Å². The molecule has 0 aliphatic carbocycles. The minimum atomic E-state index is -0.970. The van der Waals surface area contributed by atoms with Crippen molar-refractivity contribution < 1.29 is 14.1 Å². The minimum Gasteiger partial charge on any atom is -0.496 e. The third-order valence-electron chi connectivity index (χ3n) is 3.11. The molecule has 0 saturated carbocycles. The Bertz CT molecular complexity index is 766. The summed E-state index contributed by atoms with van der Waals surface area (Å²) in [6.45, 7) is 1.82. The lowest BCUT2D eigenvalue weighted by Gasteiger charge is -2.09. The quantitative estimate of drug-likeness (QED) is 0.638. The monoisotopic (exact) mass is 286 g/mol. The molecule has 5 nitrogen and oxygen atoms in total. The van der Waals surface area contributed by atoms with Crippen LogP contribution in [0.3, 0.4) is 0 Å². The number of rotatable bonds is 3. The lowest BCUT2D eigenvalue weighted by molar-refractivity contribution is -0.387. The van der Waals surface area contributed by atoms with Crippen molar-refractivity contribution in [1.82, 2.24) is 0 Å². The molecule has 0 bridgehead atoms. The molecule has 0 saturated heterocycles. The molecule has 0 amide bonds. The van der Waals surface area contributed by atoms with Crippen LogP contribution in [0.4, 0.5) is 10.1 Å². The summed E-state index contributed by atoms with van der Waals surface area (Å²) in [6, 6.07) is 8.93. The van der Waals surface area contributed by atoms with Gasteiger partial charge in [-0.25, -0.2) is 0 Å². The highest BCUT2D eigenvalue weighted by molar-refractivity contribution is 5.73. The molecule has 2 rings (SSSR count). The highest BCUT2D eigenvalue weighted by Crippen LogP contribution is 2.32. The fraction of sp³-hybridized carbons (Fsp3) is 0.133. The maximum Gasteiger partial charge on any atom is 0.306 e. The minimum absolute atomic E-state index is 0.0488. The van der Waals surface area contributed by atoms with Gasteiger partial charge in [0.25, 0.3) is 0 Å². The van der Waals surface area contributed by atoms with E-state index in [1.165, 1.54) is 7.11 Å². The Morgan fingerprint density at radius 1 is 1.33 bits per heavy atom. The van der Waals surface area contributed by atoms with Crippen molar-refractivity contribution in [2.24, 2.45) is 0 Å². The van der Waals surface area contributed by atoms with Gasteiger partial charge in [-0.05, 0) is 36.2 Å². The SMILES string of the molecule is COc1ccc(-c2cc(F)c([N+](=O)[O-])cc2C#N)cc1C. The Kier molecular flexibility index (Phi) is 3.85. The molecule has 0 spiro atoms. The van der Waals surface area contributed by atoms with E-state index in [0.717, 1.165) is 17.7 Å². The summed E-state index contributed by atoms with van der Waals surface area (Å²) < 4.78 is 18.9. The summed E-state index contributed by atoms with van der Waals surface area (Å²) in [7, 11) is 1.54. The molecule has 6 heteroatoms. The van der Waals surface area contributed by atoms with Gasteiger partial charge in [-0.1, -0.05) is 6.07 Å². The predicted molar refractivity (Wildman–Crippen MR) is 74.5 cm³/mol. The van der Waals surface area contributed by atoms with Gasteiger partial charge >= 0.3 is 5.69 Å². The molecule has 0 fully saturated rings. The summed E-state index contributed by atoms with van der Waals surface area (Å²) in [5, 5.41) is 19.8. The second-order valence-corrected chi connectivity index (χ2v) is 4.40. The van der Waals surface area contributed by atoms with Crippen LogP contribution in [0.2, 0.25) is 0 Å². The Morgan fingerprint density at radius 3 is 2.57 bits per heavy atom. The van der Waals surface area contributed by atoms with Crippen LogP contribution in [0.25, 0.3) is 11.1 Å². The third-order valence-corrected chi connectivity index (χ3v) is 3.11. The number of ether oxygens (including phenoxy) is 1. The van der Waals surface area contributed by atoms with Gasteiger partial charge in [-0.3, -0.25) is 10.1 Å². The summed E-state index contributed by atoms with van der Waals surface area (Å²) >= 11 is 0. The smallest absolute Gasteiger partial charge is 0.306 e. The summed E-state index contributed by atoms with van der Waals surface area (Å²) in [6.07, 6.45) is 0. The van der Waals surface area contributed by atoms with E-state index < -0.39 is 16.4 Å². The van der Waals surface area contributed by atoms with Crippen LogP contribution in [0, 0.1) is 34.2 Å². The number of nitro groups is 1. The van der Waals surface area contributed by atoms with Gasteiger partial charge in [0.15, 0.2) is 0 Å². The van der Waals surface area contributed by atoms with Gasteiger partial charge in [0, 0.05) is 11.6 Å². The zero-order valence-electron chi connectivity index (χ0n) is 11.4. The van der Waals surface area contributed by atoms with Gasteiger partial charge in [0.05, 0.1) is 17.6 Å². The number of nitro benzene ring substituents is 1. The number of hydrogen-bond donors (Lipinski definition) is 0. The van der Waals surface area contributed by atoms with Crippen LogP contribution in [-0.2, 0) is 0 Å². The van der Waals surface area contributed by atoms with Crippen molar-refractivity contribution in [2.45, 2.75) is 6.92 Å². The first-order valence-electron chi connectivity index (χ1n) is 6.01. The van der Waals surface area contributed by atoms with Gasteiger partial charge in [0.1, 0.15) is 11.8 Å². The number of benzene rings is 2. The lowest BCUT2D eigenvalue weighted by atomic mass is 9.97. The molecule has 21 heavy (non-hydrogen) atoms. The average molecular weight is 286 g/mol. The first-order chi connectivity index (χ1) is 9.97. The molecule has 0 heterocycles. The van der Waals surface area contributed by atoms with Gasteiger partial charge in [0.2, 0.25) is 5.82 Å². The van der Waals surface area contributed by atoms with Gasteiger partial charge < -0.3 is 4.74 Å². The number of hydrogen-bond acceptors (Lipinski definition) is 4. The molecule has 0 aromatic heterocycles. The highest BCUT2D eigenvalue weighted by atomic mass is 19.1. The van der Waals surface area contributed by atoms with Gasteiger partial charge in [-0.2, -0.15) is 9.65 Å². The normalized spacial score (nSPS) is 10.0. The molecule has 106 valence electrons. The number of nitriles is 1. The molecule has 0 radical (unpaired) electrons. The van der Waals surface area contributed by atoms with E-state index in [9.17, 15) is 14.5 Å². The summed E-state index contributed by atoms with van der Waals surface area (Å²) in [5.74, 6) is -0.304. The van der Waals surface area contributed by atoms with Crippen molar-refractivity contribution >= 4 is 5.69 Å². The molecule has 0 N–H and O–H groups in total. The van der Waals surface area contributed by atoms with Crippen LogP contribution >= 0.6 is 0 Å². The van der Waals surface area contributed by atoms with E-state index in [1.807, 2.05) is 13.0 Å². The van der Waals surface area contributed by atoms with Crippen molar-refractivity contribution in [3.8, 4) is 22.9 Å². The molecule has 2 aromatic rings. The predicted octanol–water partition coefficient (Wildman–Crippen LogP) is 3.59. The zero-order chi connectivity index (χ0) is 15.6. The van der Waals surface area contributed by atoms with E-state index >= 15 is 0 Å². The fourth-order valence-electron chi connectivity index (χ4n) is 2.08. The standard InChI is InChI=1S/C15H11FN2O3/c1-9-5-10(3-4-15(9)21-2)12-7-13(16)14(18(19)20)6-11(12)8-17/h3-7H,1-2H3. The Hall–Kier alpha value is -2.94. The molecular formula is C15H11FN2O3. The Labute approximate surface area is 120 Å². The van der Waals surface area contributed by atoms with Crippen LogP contribution in [0.5, 0.6) is 5.75 Å². The maximum absolute atomic E-state index is 13.8. The maximum atomic E-state index is 13.8. The van der Waals surface area contributed by atoms with E-state index in [2.05, 4.69) is 0 Å². The second-order valence-electron chi connectivity index (χ2n) is 4.40. The topological polar surface area (TPSA) is 76.2 Å².